The van der Waals surface area contributed by atoms with Crippen molar-refractivity contribution in [2.75, 3.05) is 13.1 Å². The number of aliphatic hydroxyl groups is 1. The second-order valence-electron chi connectivity index (χ2n) is 6.62. The van der Waals surface area contributed by atoms with Crippen molar-refractivity contribution in [2.45, 2.75) is 19.4 Å². The second-order valence-corrected chi connectivity index (χ2v) is 7.49. The summed E-state index contributed by atoms with van der Waals surface area (Å²) in [6.07, 6.45) is 2.95. The van der Waals surface area contributed by atoms with Crippen LogP contribution in [0.4, 0.5) is 0 Å². The molecule has 2 aromatic carbocycles. The lowest BCUT2D eigenvalue weighted by Gasteiger charge is -2.30. The molecule has 3 nitrogen and oxygen atoms in total. The predicted octanol–water partition coefficient (Wildman–Crippen LogP) is 5.37. The minimum absolute atomic E-state index is 0.00439. The van der Waals surface area contributed by atoms with Crippen LogP contribution in [-0.4, -0.2) is 28.9 Å². The van der Waals surface area contributed by atoms with Crippen molar-refractivity contribution in [3.05, 3.63) is 75.8 Å². The smallest absolute Gasteiger partial charge is 0.162 e. The van der Waals surface area contributed by atoms with Crippen molar-refractivity contribution < 1.29 is 9.90 Å². The number of carbonyl (C=O) groups excluding carboxylic acids is 1. The van der Waals surface area contributed by atoms with Crippen LogP contribution in [0.15, 0.2) is 54.6 Å². The maximum Gasteiger partial charge on any atom is 0.162 e. The summed E-state index contributed by atoms with van der Waals surface area (Å²) < 4.78 is 0. The molecule has 0 aromatic heterocycles. The first-order valence-electron chi connectivity index (χ1n) is 8.68. The molecular formula is C21H21Cl2NO2. The van der Waals surface area contributed by atoms with Crippen molar-refractivity contribution in [3.63, 3.8) is 0 Å². The molecule has 0 atom stereocenters. The first kappa shape index (κ1) is 19.0. The molecule has 0 radical (unpaired) electrons. The van der Waals surface area contributed by atoms with Crippen LogP contribution >= 0.6 is 23.2 Å². The highest BCUT2D eigenvalue weighted by molar-refractivity contribution is 6.30. The summed E-state index contributed by atoms with van der Waals surface area (Å²) in [5, 5.41) is 11.5. The van der Waals surface area contributed by atoms with Gasteiger partial charge in [-0.25, -0.2) is 0 Å². The number of aliphatic hydroxyl groups excluding tert-OH is 1. The van der Waals surface area contributed by atoms with E-state index < -0.39 is 0 Å². The van der Waals surface area contributed by atoms with Crippen LogP contribution in [0.3, 0.4) is 0 Å². The third kappa shape index (κ3) is 5.10. The Balaban J connectivity index is 1.53. The Morgan fingerprint density at radius 1 is 1.00 bits per heavy atom. The number of rotatable bonds is 5. The Hall–Kier alpha value is -1.81. The van der Waals surface area contributed by atoms with Crippen molar-refractivity contribution in [2.24, 2.45) is 5.92 Å². The molecule has 2 aromatic rings. The lowest BCUT2D eigenvalue weighted by molar-refractivity contribution is -0.119. The molecule has 0 unspecified atom stereocenters. The van der Waals surface area contributed by atoms with E-state index in [0.29, 0.717) is 10.6 Å². The number of hydrogen-bond acceptors (Lipinski definition) is 3. The van der Waals surface area contributed by atoms with Gasteiger partial charge in [0.05, 0.1) is 0 Å². The van der Waals surface area contributed by atoms with E-state index in [4.69, 9.17) is 23.2 Å². The summed E-state index contributed by atoms with van der Waals surface area (Å²) >= 11 is 11.8. The van der Waals surface area contributed by atoms with E-state index in [1.807, 2.05) is 24.3 Å². The summed E-state index contributed by atoms with van der Waals surface area (Å²) in [7, 11) is 0. The van der Waals surface area contributed by atoms with Crippen molar-refractivity contribution in [3.8, 4) is 0 Å². The quantitative estimate of drug-likeness (QED) is 0.551. The number of halogens is 2. The molecule has 1 N–H and O–H groups in total. The zero-order valence-electron chi connectivity index (χ0n) is 14.4. The van der Waals surface area contributed by atoms with E-state index in [9.17, 15) is 9.90 Å². The number of piperidine rings is 1. The molecule has 136 valence electrons. The second kappa shape index (κ2) is 8.72. The third-order valence-corrected chi connectivity index (χ3v) is 5.23. The van der Waals surface area contributed by atoms with Gasteiger partial charge < -0.3 is 5.11 Å². The number of likely N-dealkylation sites (tertiary alicyclic amines) is 1. The van der Waals surface area contributed by atoms with Gasteiger partial charge in [-0.05, 0) is 67.9 Å². The molecule has 1 aliphatic heterocycles. The summed E-state index contributed by atoms with van der Waals surface area (Å²) in [4.78, 5) is 14.8. The van der Waals surface area contributed by atoms with Crippen LogP contribution in [0.1, 0.15) is 24.0 Å². The summed E-state index contributed by atoms with van der Waals surface area (Å²) in [6, 6.07) is 14.7. The van der Waals surface area contributed by atoms with Crippen LogP contribution in [0.25, 0.3) is 5.76 Å². The topological polar surface area (TPSA) is 40.5 Å². The number of allylic oxidation sites excluding steroid dienone is 1. The molecule has 0 spiro atoms. The molecule has 3 rings (SSSR count). The molecule has 1 heterocycles. The van der Waals surface area contributed by atoms with Gasteiger partial charge in [0.1, 0.15) is 5.76 Å². The highest BCUT2D eigenvalue weighted by Gasteiger charge is 2.24. The number of benzene rings is 2. The highest BCUT2D eigenvalue weighted by Crippen LogP contribution is 2.23. The standard InChI is InChI=1S/C21H21Cl2NO2/c22-18-5-1-15(2-6-18)14-24-11-9-17(10-12-24)21(26)13-20(25)16-3-7-19(23)8-4-16/h1-8,13,17,25H,9-12,14H2/b20-13+. The minimum atomic E-state index is -0.0362. The Kier molecular flexibility index (Phi) is 6.36. The number of carbonyl (C=O) groups is 1. The van der Waals surface area contributed by atoms with Gasteiger partial charge in [0.25, 0.3) is 0 Å². The van der Waals surface area contributed by atoms with Crippen molar-refractivity contribution >= 4 is 34.7 Å². The van der Waals surface area contributed by atoms with Crippen LogP contribution < -0.4 is 0 Å². The Morgan fingerprint density at radius 2 is 1.54 bits per heavy atom. The minimum Gasteiger partial charge on any atom is -0.507 e. The Morgan fingerprint density at radius 3 is 2.12 bits per heavy atom. The van der Waals surface area contributed by atoms with E-state index in [2.05, 4.69) is 4.90 Å². The average molecular weight is 390 g/mol. The van der Waals surface area contributed by atoms with Gasteiger partial charge in [0, 0.05) is 34.1 Å². The van der Waals surface area contributed by atoms with Crippen LogP contribution in [0.5, 0.6) is 0 Å². The molecule has 1 fully saturated rings. The number of nitrogens with zero attached hydrogens (tertiary/aromatic N) is 1. The van der Waals surface area contributed by atoms with Crippen LogP contribution in [0.2, 0.25) is 10.0 Å². The number of ketones is 1. The van der Waals surface area contributed by atoms with Crippen LogP contribution in [-0.2, 0) is 11.3 Å². The van der Waals surface area contributed by atoms with Gasteiger partial charge in [0.15, 0.2) is 5.78 Å². The highest BCUT2D eigenvalue weighted by atomic mass is 35.5. The van der Waals surface area contributed by atoms with Gasteiger partial charge in [-0.3, -0.25) is 9.69 Å². The van der Waals surface area contributed by atoms with Gasteiger partial charge in [-0.15, -0.1) is 0 Å². The van der Waals surface area contributed by atoms with Gasteiger partial charge >= 0.3 is 0 Å². The fourth-order valence-corrected chi connectivity index (χ4v) is 3.43. The zero-order valence-corrected chi connectivity index (χ0v) is 15.9. The first-order valence-corrected chi connectivity index (χ1v) is 9.44. The van der Waals surface area contributed by atoms with Crippen molar-refractivity contribution in [1.29, 1.82) is 0 Å². The summed E-state index contributed by atoms with van der Waals surface area (Å²) in [6.45, 7) is 2.60. The van der Waals surface area contributed by atoms with Gasteiger partial charge in [-0.2, -0.15) is 0 Å². The molecule has 26 heavy (non-hydrogen) atoms. The van der Waals surface area contributed by atoms with Gasteiger partial charge in [-0.1, -0.05) is 35.3 Å². The third-order valence-electron chi connectivity index (χ3n) is 4.73. The fourth-order valence-electron chi connectivity index (χ4n) is 3.18. The Labute approximate surface area is 163 Å². The van der Waals surface area contributed by atoms with E-state index in [1.165, 1.54) is 11.6 Å². The molecule has 0 saturated carbocycles. The average Bonchev–Trinajstić information content (AvgIpc) is 2.64. The van der Waals surface area contributed by atoms with E-state index in [1.54, 1.807) is 24.3 Å². The maximum atomic E-state index is 12.5. The summed E-state index contributed by atoms with van der Waals surface area (Å²) in [5.74, 6) is -0.0511. The molecule has 0 bridgehead atoms. The largest absolute Gasteiger partial charge is 0.507 e. The molecule has 0 amide bonds. The lowest BCUT2D eigenvalue weighted by Crippen LogP contribution is -2.35. The lowest BCUT2D eigenvalue weighted by atomic mass is 9.91. The monoisotopic (exact) mass is 389 g/mol. The predicted molar refractivity (Wildman–Crippen MR) is 107 cm³/mol. The summed E-state index contributed by atoms with van der Waals surface area (Å²) in [5.41, 5.74) is 1.82. The molecule has 0 aliphatic carbocycles. The molecular weight excluding hydrogens is 369 g/mol. The molecule has 5 heteroatoms. The Bertz CT molecular complexity index is 777. The number of hydrogen-bond donors (Lipinski definition) is 1. The van der Waals surface area contributed by atoms with Crippen LogP contribution in [0, 0.1) is 5.92 Å². The van der Waals surface area contributed by atoms with E-state index in [0.717, 1.165) is 37.5 Å². The van der Waals surface area contributed by atoms with Crippen molar-refractivity contribution in [1.82, 2.24) is 4.90 Å². The maximum absolute atomic E-state index is 12.5. The normalized spacial score (nSPS) is 16.6. The van der Waals surface area contributed by atoms with E-state index >= 15 is 0 Å². The zero-order chi connectivity index (χ0) is 18.5. The molecule has 1 aliphatic rings. The van der Waals surface area contributed by atoms with E-state index in [-0.39, 0.29) is 17.5 Å². The SMILES string of the molecule is O=C(/C=C(/O)c1ccc(Cl)cc1)C1CCN(Cc2ccc(Cl)cc2)CC1. The first-order chi connectivity index (χ1) is 12.5. The fraction of sp³-hybridized carbons (Fsp3) is 0.286. The molecule has 1 saturated heterocycles. The van der Waals surface area contributed by atoms with Gasteiger partial charge in [0.2, 0.25) is 0 Å².